The summed E-state index contributed by atoms with van der Waals surface area (Å²) in [4.78, 5) is 32.1. The fourth-order valence-electron chi connectivity index (χ4n) is 4.96. The minimum Gasteiger partial charge on any atom is -0.439 e. The van der Waals surface area contributed by atoms with Crippen LogP contribution in [0.2, 0.25) is 0 Å². The van der Waals surface area contributed by atoms with E-state index in [0.29, 0.717) is 22.5 Å². The molecular formula is C27H26N4O3. The fraction of sp³-hybridized carbons (Fsp3) is 0.222. The lowest BCUT2D eigenvalue weighted by Gasteiger charge is -2.32. The first-order valence-electron chi connectivity index (χ1n) is 11.1. The molecule has 0 bridgehead atoms. The number of aryl methyl sites for hydroxylation is 1. The van der Waals surface area contributed by atoms with Gasteiger partial charge in [-0.1, -0.05) is 24.3 Å². The van der Waals surface area contributed by atoms with E-state index in [0.717, 1.165) is 27.8 Å². The molecule has 0 aliphatic carbocycles. The van der Waals surface area contributed by atoms with Crippen molar-refractivity contribution in [1.82, 2.24) is 9.55 Å². The van der Waals surface area contributed by atoms with E-state index in [1.807, 2.05) is 75.4 Å². The number of nitrogens with zero attached hydrogens (tertiary/aromatic N) is 3. The van der Waals surface area contributed by atoms with E-state index in [4.69, 9.17) is 4.74 Å². The zero-order valence-electron chi connectivity index (χ0n) is 19.8. The largest absolute Gasteiger partial charge is 0.439 e. The van der Waals surface area contributed by atoms with E-state index in [-0.39, 0.29) is 5.91 Å². The van der Waals surface area contributed by atoms with Gasteiger partial charge in [-0.25, -0.2) is 4.79 Å². The van der Waals surface area contributed by atoms with Gasteiger partial charge in [0.25, 0.3) is 0 Å². The van der Waals surface area contributed by atoms with Gasteiger partial charge in [-0.2, -0.15) is 0 Å². The molecule has 1 N–H and O–H groups in total. The number of nitrogens with one attached hydrogen (secondary N) is 1. The number of rotatable bonds is 4. The maximum absolute atomic E-state index is 13.2. The van der Waals surface area contributed by atoms with E-state index < -0.39 is 11.6 Å². The first-order valence-corrected chi connectivity index (χ1v) is 11.1. The van der Waals surface area contributed by atoms with Crippen LogP contribution in [0.25, 0.3) is 10.9 Å². The third-order valence-electron chi connectivity index (χ3n) is 6.57. The summed E-state index contributed by atoms with van der Waals surface area (Å²) in [6.45, 7) is 3.48. The number of para-hydroxylation sites is 1. The van der Waals surface area contributed by atoms with Crippen LogP contribution in [-0.4, -0.2) is 35.5 Å². The van der Waals surface area contributed by atoms with E-state index in [9.17, 15) is 9.59 Å². The van der Waals surface area contributed by atoms with E-state index in [1.165, 1.54) is 6.92 Å². The third-order valence-corrected chi connectivity index (χ3v) is 6.57. The highest BCUT2D eigenvalue weighted by Gasteiger charge is 2.53. The molecule has 3 heterocycles. The molecule has 2 aromatic heterocycles. The molecule has 0 spiro atoms. The van der Waals surface area contributed by atoms with Gasteiger partial charge in [0.1, 0.15) is 5.69 Å². The van der Waals surface area contributed by atoms with Gasteiger partial charge >= 0.3 is 5.97 Å². The van der Waals surface area contributed by atoms with E-state index in [1.54, 1.807) is 18.3 Å². The average Bonchev–Trinajstić information content (AvgIpc) is 3.25. The number of ether oxygens (including phenoxy) is 1. The predicted molar refractivity (Wildman–Crippen MR) is 132 cm³/mol. The van der Waals surface area contributed by atoms with Gasteiger partial charge < -0.3 is 19.5 Å². The van der Waals surface area contributed by atoms with Crippen LogP contribution in [0, 0.1) is 6.92 Å². The van der Waals surface area contributed by atoms with Crippen molar-refractivity contribution >= 4 is 34.2 Å². The number of cyclic esters (lactones) is 1. The SMILES string of the molecule is CC(=O)Nc1cc(N(C)C)ccc1C1(c2c(C)n(C)c3ccccc23)OC(=O)c2cccnc21. The van der Waals surface area contributed by atoms with Crippen molar-refractivity contribution in [2.24, 2.45) is 7.05 Å². The molecule has 0 radical (unpaired) electrons. The number of carbonyl (C=O) groups excluding carboxylic acids is 2. The van der Waals surface area contributed by atoms with Crippen molar-refractivity contribution in [2.75, 3.05) is 24.3 Å². The highest BCUT2D eigenvalue weighted by atomic mass is 16.6. The molecule has 0 saturated heterocycles. The average molecular weight is 455 g/mol. The Labute approximate surface area is 198 Å². The smallest absolute Gasteiger partial charge is 0.341 e. The zero-order valence-corrected chi connectivity index (χ0v) is 19.8. The Morgan fingerprint density at radius 3 is 2.62 bits per heavy atom. The minimum absolute atomic E-state index is 0.215. The zero-order chi connectivity index (χ0) is 24.2. The monoisotopic (exact) mass is 454 g/mol. The molecule has 7 nitrogen and oxygen atoms in total. The number of fused-ring (bicyclic) bond motifs is 2. The maximum Gasteiger partial charge on any atom is 0.341 e. The lowest BCUT2D eigenvalue weighted by Crippen LogP contribution is -2.33. The van der Waals surface area contributed by atoms with Crippen LogP contribution in [0.1, 0.15) is 39.8 Å². The van der Waals surface area contributed by atoms with E-state index in [2.05, 4.69) is 14.9 Å². The van der Waals surface area contributed by atoms with Gasteiger partial charge in [0.2, 0.25) is 11.5 Å². The molecule has 1 aliphatic heterocycles. The van der Waals surface area contributed by atoms with Crippen LogP contribution in [0.5, 0.6) is 0 Å². The van der Waals surface area contributed by atoms with Gasteiger partial charge in [-0.3, -0.25) is 9.78 Å². The van der Waals surface area contributed by atoms with Crippen molar-refractivity contribution in [3.63, 3.8) is 0 Å². The second kappa shape index (κ2) is 7.73. The highest BCUT2D eigenvalue weighted by Crippen LogP contribution is 2.52. The molecule has 0 saturated carbocycles. The normalized spacial score (nSPS) is 16.9. The van der Waals surface area contributed by atoms with Crippen LogP contribution in [0.4, 0.5) is 11.4 Å². The molecule has 0 fully saturated rings. The molecular weight excluding hydrogens is 428 g/mol. The Morgan fingerprint density at radius 1 is 1.12 bits per heavy atom. The standard InChI is InChI=1S/C27H26N4O3/c1-16-24(19-9-6-7-11-23(19)31(16)5)27(25-20(26(33)34-27)10-8-14-28-25)21-13-12-18(30(3)4)15-22(21)29-17(2)32/h6-15H,1-5H3,(H,29,32). The summed E-state index contributed by atoms with van der Waals surface area (Å²) in [6, 6.07) is 17.3. The number of aromatic nitrogens is 2. The van der Waals surface area contributed by atoms with Crippen LogP contribution < -0.4 is 10.2 Å². The van der Waals surface area contributed by atoms with Crippen molar-refractivity contribution < 1.29 is 14.3 Å². The van der Waals surface area contributed by atoms with Crippen molar-refractivity contribution in [3.05, 3.63) is 88.9 Å². The summed E-state index contributed by atoms with van der Waals surface area (Å²) in [5.41, 5.74) is 4.52. The number of benzene rings is 2. The minimum atomic E-state index is -1.33. The Bertz CT molecular complexity index is 1470. The Balaban J connectivity index is 1.94. The Morgan fingerprint density at radius 2 is 1.88 bits per heavy atom. The lowest BCUT2D eigenvalue weighted by atomic mass is 9.80. The number of anilines is 2. The lowest BCUT2D eigenvalue weighted by molar-refractivity contribution is -0.114. The van der Waals surface area contributed by atoms with Crippen LogP contribution >= 0.6 is 0 Å². The first-order chi connectivity index (χ1) is 16.3. The predicted octanol–water partition coefficient (Wildman–Crippen LogP) is 4.37. The number of pyridine rings is 1. The number of amides is 1. The molecule has 34 heavy (non-hydrogen) atoms. The van der Waals surface area contributed by atoms with Gasteiger partial charge in [-0.15, -0.1) is 0 Å². The fourth-order valence-corrected chi connectivity index (χ4v) is 4.96. The summed E-state index contributed by atoms with van der Waals surface area (Å²) in [6.07, 6.45) is 1.67. The second-order valence-corrected chi connectivity index (χ2v) is 8.81. The summed E-state index contributed by atoms with van der Waals surface area (Å²) in [7, 11) is 5.86. The molecule has 2 aromatic carbocycles. The summed E-state index contributed by atoms with van der Waals surface area (Å²) in [5.74, 6) is -0.659. The molecule has 7 heteroatoms. The summed E-state index contributed by atoms with van der Waals surface area (Å²) in [5, 5.41) is 3.93. The second-order valence-electron chi connectivity index (χ2n) is 8.81. The Kier molecular flexibility index (Phi) is 4.93. The molecule has 1 atom stereocenters. The number of esters is 1. The van der Waals surface area contributed by atoms with Crippen LogP contribution in [0.3, 0.4) is 0 Å². The summed E-state index contributed by atoms with van der Waals surface area (Å²) >= 11 is 0. The van der Waals surface area contributed by atoms with Crippen molar-refractivity contribution in [1.29, 1.82) is 0 Å². The van der Waals surface area contributed by atoms with Crippen molar-refractivity contribution in [3.8, 4) is 0 Å². The molecule has 1 unspecified atom stereocenters. The number of carbonyl (C=O) groups is 2. The molecule has 1 aliphatic rings. The third kappa shape index (κ3) is 3.00. The van der Waals surface area contributed by atoms with Crippen LogP contribution in [-0.2, 0) is 22.2 Å². The van der Waals surface area contributed by atoms with Gasteiger partial charge in [0, 0.05) is 67.7 Å². The van der Waals surface area contributed by atoms with Gasteiger partial charge in [-0.05, 0) is 37.3 Å². The molecule has 5 rings (SSSR count). The van der Waals surface area contributed by atoms with Crippen LogP contribution in [0.15, 0.2) is 60.8 Å². The topological polar surface area (TPSA) is 76.5 Å². The number of hydrogen-bond acceptors (Lipinski definition) is 5. The van der Waals surface area contributed by atoms with Gasteiger partial charge in [0.15, 0.2) is 0 Å². The highest BCUT2D eigenvalue weighted by molar-refractivity contribution is 5.99. The molecule has 172 valence electrons. The number of hydrogen-bond donors (Lipinski definition) is 1. The van der Waals surface area contributed by atoms with Gasteiger partial charge in [0.05, 0.1) is 11.3 Å². The quantitative estimate of drug-likeness (QED) is 0.464. The maximum atomic E-state index is 13.2. The van der Waals surface area contributed by atoms with Crippen molar-refractivity contribution in [2.45, 2.75) is 19.4 Å². The summed E-state index contributed by atoms with van der Waals surface area (Å²) < 4.78 is 8.43. The molecule has 1 amide bonds. The van der Waals surface area contributed by atoms with E-state index >= 15 is 0 Å². The first kappa shape index (κ1) is 21.7. The Hall–Kier alpha value is -4.13. The molecule has 4 aromatic rings.